The zero-order valence-electron chi connectivity index (χ0n) is 12.0. The first-order chi connectivity index (χ1) is 10.0. The van der Waals surface area contributed by atoms with E-state index in [9.17, 15) is 14.7 Å². The van der Waals surface area contributed by atoms with Gasteiger partial charge in [0, 0.05) is 19.4 Å². The lowest BCUT2D eigenvalue weighted by atomic mass is 10.2. The molecule has 1 aromatic carbocycles. The van der Waals surface area contributed by atoms with Crippen molar-refractivity contribution in [2.75, 3.05) is 0 Å². The Morgan fingerprint density at radius 2 is 2.14 bits per heavy atom. The number of carboxylic acid groups (broad SMARTS) is 1. The van der Waals surface area contributed by atoms with E-state index < -0.39 is 5.97 Å². The highest BCUT2D eigenvalue weighted by Gasteiger charge is 2.16. The van der Waals surface area contributed by atoms with Crippen LogP contribution in [0.2, 0.25) is 0 Å². The Labute approximate surface area is 122 Å². The molecule has 2 aromatic rings. The number of hydrogen-bond acceptors (Lipinski definition) is 3. The Bertz CT molecular complexity index is 676. The Morgan fingerprint density at radius 3 is 2.76 bits per heavy atom. The van der Waals surface area contributed by atoms with Crippen LogP contribution in [0.15, 0.2) is 18.2 Å². The van der Waals surface area contributed by atoms with E-state index in [0.29, 0.717) is 24.9 Å². The molecule has 3 N–H and O–H groups in total. The fourth-order valence-corrected chi connectivity index (χ4v) is 2.44. The number of aromatic carboxylic acids is 1. The molecule has 0 aliphatic rings. The number of carbonyl (C=O) groups excluding carboxylic acids is 1. The highest BCUT2D eigenvalue weighted by molar-refractivity contribution is 6.01. The number of nitrogens with zero attached hydrogens (tertiary/aromatic N) is 2. The van der Waals surface area contributed by atoms with E-state index in [4.69, 9.17) is 5.73 Å². The van der Waals surface area contributed by atoms with Gasteiger partial charge in [0.25, 0.3) is 0 Å². The first-order valence-corrected chi connectivity index (χ1v) is 7.04. The van der Waals surface area contributed by atoms with Crippen molar-refractivity contribution in [3.8, 4) is 0 Å². The van der Waals surface area contributed by atoms with Gasteiger partial charge in [0.05, 0.1) is 11.1 Å². The van der Waals surface area contributed by atoms with E-state index >= 15 is 0 Å². The average molecular weight is 289 g/mol. The molecule has 2 rings (SSSR count). The van der Waals surface area contributed by atoms with Gasteiger partial charge in [-0.25, -0.2) is 9.78 Å². The standard InChI is InChI=1S/C15H19N3O3/c1-2-5-13-17-14-10(15(20)21)6-3-7-11(14)18(13)9-4-8-12(16)19/h3,6-7H,2,4-5,8-9H2,1H3,(H2,16,19)(H,20,21). The fourth-order valence-electron chi connectivity index (χ4n) is 2.44. The summed E-state index contributed by atoms with van der Waals surface area (Å²) in [5, 5.41) is 9.25. The normalized spacial score (nSPS) is 10.9. The Balaban J connectivity index is 2.45. The molecule has 0 fully saturated rings. The van der Waals surface area contributed by atoms with Crippen molar-refractivity contribution >= 4 is 22.9 Å². The van der Waals surface area contributed by atoms with Gasteiger partial charge >= 0.3 is 5.97 Å². The summed E-state index contributed by atoms with van der Waals surface area (Å²) in [5.74, 6) is -0.459. The fraction of sp³-hybridized carbons (Fsp3) is 0.400. The second-order valence-electron chi connectivity index (χ2n) is 4.98. The molecule has 112 valence electrons. The maximum atomic E-state index is 11.3. The summed E-state index contributed by atoms with van der Waals surface area (Å²) < 4.78 is 1.99. The largest absolute Gasteiger partial charge is 0.478 e. The van der Waals surface area contributed by atoms with Gasteiger partial charge < -0.3 is 15.4 Å². The van der Waals surface area contributed by atoms with Gasteiger partial charge in [-0.05, 0) is 25.0 Å². The average Bonchev–Trinajstić information content (AvgIpc) is 2.76. The maximum Gasteiger partial charge on any atom is 0.337 e. The van der Waals surface area contributed by atoms with Crippen LogP contribution in [0.4, 0.5) is 0 Å². The lowest BCUT2D eigenvalue weighted by Gasteiger charge is -2.08. The molecule has 0 atom stereocenters. The number of para-hydroxylation sites is 1. The molecule has 6 nitrogen and oxygen atoms in total. The lowest BCUT2D eigenvalue weighted by Crippen LogP contribution is -2.12. The number of aryl methyl sites for hydroxylation is 2. The van der Waals surface area contributed by atoms with Crippen LogP contribution < -0.4 is 5.73 Å². The van der Waals surface area contributed by atoms with Crippen LogP contribution in [0.3, 0.4) is 0 Å². The zero-order chi connectivity index (χ0) is 15.4. The van der Waals surface area contributed by atoms with Crippen LogP contribution in [-0.4, -0.2) is 26.5 Å². The number of nitrogens with two attached hydrogens (primary N) is 1. The van der Waals surface area contributed by atoms with Crippen molar-refractivity contribution in [3.63, 3.8) is 0 Å². The van der Waals surface area contributed by atoms with E-state index in [1.54, 1.807) is 12.1 Å². The predicted octanol–water partition coefficient (Wildman–Crippen LogP) is 1.95. The van der Waals surface area contributed by atoms with E-state index in [-0.39, 0.29) is 11.5 Å². The van der Waals surface area contributed by atoms with E-state index in [0.717, 1.165) is 24.2 Å². The summed E-state index contributed by atoms with van der Waals surface area (Å²) in [6.07, 6.45) is 2.62. The number of hydrogen-bond donors (Lipinski definition) is 2. The summed E-state index contributed by atoms with van der Waals surface area (Å²) in [4.78, 5) is 26.6. The van der Waals surface area contributed by atoms with Gasteiger partial charge in [0.2, 0.25) is 5.91 Å². The Hall–Kier alpha value is -2.37. The number of aromatic nitrogens is 2. The molecule has 0 radical (unpaired) electrons. The molecular weight excluding hydrogens is 270 g/mol. The molecule has 0 spiro atoms. The molecule has 1 aromatic heterocycles. The maximum absolute atomic E-state index is 11.3. The Kier molecular flexibility index (Phi) is 4.57. The third-order valence-electron chi connectivity index (χ3n) is 3.37. The number of amides is 1. The Morgan fingerprint density at radius 1 is 1.38 bits per heavy atom. The smallest absolute Gasteiger partial charge is 0.337 e. The quantitative estimate of drug-likeness (QED) is 0.813. The molecule has 1 heterocycles. The molecule has 0 aliphatic carbocycles. The van der Waals surface area contributed by atoms with Gasteiger partial charge in [-0.3, -0.25) is 4.79 Å². The second kappa shape index (κ2) is 6.39. The van der Waals surface area contributed by atoms with Crippen LogP contribution in [0.1, 0.15) is 42.4 Å². The highest BCUT2D eigenvalue weighted by Crippen LogP contribution is 2.22. The van der Waals surface area contributed by atoms with Gasteiger partial charge in [-0.2, -0.15) is 0 Å². The van der Waals surface area contributed by atoms with Crippen molar-refractivity contribution in [1.82, 2.24) is 9.55 Å². The number of primary amides is 1. The number of carbonyl (C=O) groups is 2. The summed E-state index contributed by atoms with van der Waals surface area (Å²) >= 11 is 0. The lowest BCUT2D eigenvalue weighted by molar-refractivity contribution is -0.118. The molecule has 0 saturated heterocycles. The van der Waals surface area contributed by atoms with E-state index in [1.165, 1.54) is 0 Å². The highest BCUT2D eigenvalue weighted by atomic mass is 16.4. The molecule has 0 aliphatic heterocycles. The first kappa shape index (κ1) is 15.0. The molecule has 6 heteroatoms. The second-order valence-corrected chi connectivity index (χ2v) is 4.98. The number of imidazole rings is 1. The van der Waals surface area contributed by atoms with Crippen molar-refractivity contribution < 1.29 is 14.7 Å². The summed E-state index contributed by atoms with van der Waals surface area (Å²) in [5.41, 5.74) is 6.67. The first-order valence-electron chi connectivity index (χ1n) is 7.04. The number of rotatable bonds is 7. The minimum absolute atomic E-state index is 0.207. The van der Waals surface area contributed by atoms with Crippen molar-refractivity contribution in [1.29, 1.82) is 0 Å². The summed E-state index contributed by atoms with van der Waals surface area (Å²) in [6, 6.07) is 5.13. The number of carboxylic acids is 1. The predicted molar refractivity (Wildman–Crippen MR) is 79.1 cm³/mol. The molecule has 21 heavy (non-hydrogen) atoms. The number of benzene rings is 1. The zero-order valence-corrected chi connectivity index (χ0v) is 12.0. The minimum atomic E-state index is -0.981. The monoisotopic (exact) mass is 289 g/mol. The van der Waals surface area contributed by atoms with E-state index in [1.807, 2.05) is 17.6 Å². The minimum Gasteiger partial charge on any atom is -0.478 e. The third-order valence-corrected chi connectivity index (χ3v) is 3.37. The molecule has 1 amide bonds. The van der Waals surface area contributed by atoms with E-state index in [2.05, 4.69) is 4.98 Å². The third kappa shape index (κ3) is 3.21. The van der Waals surface area contributed by atoms with Crippen LogP contribution >= 0.6 is 0 Å². The molecular formula is C15H19N3O3. The summed E-state index contributed by atoms with van der Waals surface area (Å²) in [7, 11) is 0. The van der Waals surface area contributed by atoms with Crippen molar-refractivity contribution in [2.24, 2.45) is 5.73 Å². The number of fused-ring (bicyclic) bond motifs is 1. The van der Waals surface area contributed by atoms with Crippen LogP contribution in [0.25, 0.3) is 11.0 Å². The SMILES string of the molecule is CCCc1nc2c(C(=O)O)cccc2n1CCCC(N)=O. The van der Waals surface area contributed by atoms with Crippen LogP contribution in [-0.2, 0) is 17.8 Å². The van der Waals surface area contributed by atoms with Gasteiger partial charge in [-0.15, -0.1) is 0 Å². The summed E-state index contributed by atoms with van der Waals surface area (Å²) in [6.45, 7) is 2.66. The van der Waals surface area contributed by atoms with Crippen LogP contribution in [0.5, 0.6) is 0 Å². The molecule has 0 saturated carbocycles. The van der Waals surface area contributed by atoms with Gasteiger partial charge in [-0.1, -0.05) is 13.0 Å². The topological polar surface area (TPSA) is 98.2 Å². The van der Waals surface area contributed by atoms with Crippen LogP contribution in [0, 0.1) is 0 Å². The van der Waals surface area contributed by atoms with Crippen molar-refractivity contribution in [3.05, 3.63) is 29.6 Å². The molecule has 0 unspecified atom stereocenters. The molecule has 0 bridgehead atoms. The van der Waals surface area contributed by atoms with Gasteiger partial charge in [0.15, 0.2) is 0 Å². The van der Waals surface area contributed by atoms with Gasteiger partial charge in [0.1, 0.15) is 11.3 Å². The van der Waals surface area contributed by atoms with Crippen molar-refractivity contribution in [2.45, 2.75) is 39.2 Å².